The summed E-state index contributed by atoms with van der Waals surface area (Å²) in [6.07, 6.45) is 0. The highest BCUT2D eigenvalue weighted by atomic mass is 16.7. The minimum Gasteiger partial charge on any atom is -0.478 e. The zero-order chi connectivity index (χ0) is 77.3. The van der Waals surface area contributed by atoms with Gasteiger partial charge in [-0.1, -0.05) is 0 Å². The maximum atomic E-state index is 11.8. The van der Waals surface area contributed by atoms with Crippen LogP contribution < -0.4 is 0 Å². The van der Waals surface area contributed by atoms with Gasteiger partial charge in [0, 0.05) is 29.3 Å². The summed E-state index contributed by atoms with van der Waals surface area (Å²) >= 11 is 0. The lowest BCUT2D eigenvalue weighted by Crippen LogP contribution is -2.25. The second-order valence-electron chi connectivity index (χ2n) is 21.6. The van der Waals surface area contributed by atoms with Crippen molar-refractivity contribution >= 4 is 82.9 Å². The maximum absolute atomic E-state index is 11.8. The van der Waals surface area contributed by atoms with Gasteiger partial charge in [0.25, 0.3) is 5.91 Å². The van der Waals surface area contributed by atoms with Crippen molar-refractivity contribution in [3.8, 4) is 0 Å². The van der Waals surface area contributed by atoms with E-state index in [4.69, 9.17) is 20.2 Å². The first-order chi connectivity index (χ1) is 47.2. The minimum absolute atomic E-state index is 0.0566. The highest BCUT2D eigenvalue weighted by Crippen LogP contribution is 2.18. The van der Waals surface area contributed by atoms with Crippen molar-refractivity contribution in [2.75, 3.05) is 63.9 Å². The van der Waals surface area contributed by atoms with Gasteiger partial charge >= 0.3 is 59.7 Å². The quantitative estimate of drug-likeness (QED) is 0.0371. The molecule has 1 amide bonds. The Hall–Kier alpha value is -12.3. The van der Waals surface area contributed by atoms with Gasteiger partial charge in [0.15, 0.2) is 17.3 Å². The third-order valence-corrected chi connectivity index (χ3v) is 13.3. The molecule has 26 heteroatoms. The first-order valence-electron chi connectivity index (χ1n) is 29.7. The second-order valence-corrected chi connectivity index (χ2v) is 21.6. The Kier molecular flexibility index (Phi) is 36.4. The molecule has 0 fully saturated rings. The van der Waals surface area contributed by atoms with Crippen molar-refractivity contribution in [2.45, 2.75) is 69.2 Å². The van der Waals surface area contributed by atoms with E-state index < -0.39 is 59.7 Å². The van der Waals surface area contributed by atoms with Gasteiger partial charge < -0.3 is 48.5 Å². The van der Waals surface area contributed by atoms with E-state index in [2.05, 4.69) is 33.2 Å². The smallest absolute Gasteiger partial charge is 0.337 e. The number of esters is 7. The van der Waals surface area contributed by atoms with Crippen LogP contribution in [0.15, 0.2) is 127 Å². The van der Waals surface area contributed by atoms with Crippen molar-refractivity contribution in [3.05, 3.63) is 244 Å². The highest BCUT2D eigenvalue weighted by Gasteiger charge is 2.18. The van der Waals surface area contributed by atoms with Gasteiger partial charge in [0.1, 0.15) is 0 Å². The van der Waals surface area contributed by atoms with E-state index in [1.165, 1.54) is 127 Å². The number of ether oxygens (including phenoxy) is 7. The van der Waals surface area contributed by atoms with E-state index in [0.29, 0.717) is 61.2 Å². The van der Waals surface area contributed by atoms with Crippen molar-refractivity contribution in [1.82, 2.24) is 5.06 Å². The van der Waals surface area contributed by atoms with Crippen LogP contribution in [-0.2, 0) is 38.0 Å². The Morgan fingerprint density at radius 3 is 0.525 bits per heavy atom. The summed E-state index contributed by atoms with van der Waals surface area (Å²) in [5.74, 6) is -6.98. The number of Topliss-reactive ketones (excluding diaryl/α,β-unsaturated/α-hetero) is 3. The molecule has 0 radical (unpaired) electrons. The van der Waals surface area contributed by atoms with E-state index in [0.717, 1.165) is 27.3 Å². The number of hydroxylamine groups is 2. The molecule has 0 aliphatic rings. The standard InChI is InChI=1S/C12H15NO4.3C11H12O3.3C10H10O4/c1-8-5-9(11(14)13(2)17-4)7-10(6-8)12(15)16-3;3*1-7-4-9(8(2)12)6-10(5-7)11(13)14-3;3*1-6-3-7(9(11)12)5-8(4-6)10(13)14-2/h5-7H,1-4H3;3*4-6H,1-3H3;3*3-5H,1-2H3,(H,11,12). The molecule has 0 aromatic heterocycles. The van der Waals surface area contributed by atoms with Gasteiger partial charge in [-0.05, 0) is 236 Å². The van der Waals surface area contributed by atoms with Gasteiger partial charge in [-0.2, -0.15) is 0 Å². The number of carboxylic acids is 3. The fourth-order valence-corrected chi connectivity index (χ4v) is 8.50. The zero-order valence-corrected chi connectivity index (χ0v) is 59.4. The Morgan fingerprint density at radius 1 is 0.238 bits per heavy atom. The molecule has 101 heavy (non-hydrogen) atoms. The summed E-state index contributed by atoms with van der Waals surface area (Å²) in [5.41, 5.74) is 10.2. The number of nitrogens with zero attached hydrogens (tertiary/aromatic N) is 1. The molecular formula is C75H81NO25. The van der Waals surface area contributed by atoms with Crippen LogP contribution in [0.3, 0.4) is 0 Å². The first kappa shape index (κ1) is 86.7. The SMILES string of the molecule is COC(=O)c1cc(C)cc(C(=O)N(C)OC)c1.COC(=O)c1cc(C)cc(C(=O)O)c1.COC(=O)c1cc(C)cc(C(=O)O)c1.COC(=O)c1cc(C)cc(C(=O)O)c1.COC(=O)c1cc(C)cc(C(C)=O)c1.COC(=O)c1cc(C)cc(C(C)=O)c1.COC(=O)c1cc(C)cc(C(C)=O)c1. The van der Waals surface area contributed by atoms with Crippen molar-refractivity contribution in [3.63, 3.8) is 0 Å². The second kappa shape index (κ2) is 42.4. The Morgan fingerprint density at radius 2 is 0.376 bits per heavy atom. The summed E-state index contributed by atoms with van der Waals surface area (Å²) in [4.78, 5) is 160. The number of hydrogen-bond acceptors (Lipinski definition) is 22. The molecule has 0 saturated heterocycles. The van der Waals surface area contributed by atoms with Gasteiger partial charge in [0.2, 0.25) is 0 Å². The molecule has 0 unspecified atom stereocenters. The van der Waals surface area contributed by atoms with Gasteiger partial charge in [-0.25, -0.2) is 53.0 Å². The topological polar surface area (TPSA) is 377 Å². The first-order valence-corrected chi connectivity index (χ1v) is 29.7. The highest BCUT2D eigenvalue weighted by molar-refractivity contribution is 6.02. The van der Waals surface area contributed by atoms with E-state index in [1.54, 1.807) is 113 Å². The van der Waals surface area contributed by atoms with Crippen molar-refractivity contribution < 1.29 is 120 Å². The van der Waals surface area contributed by atoms with Crippen LogP contribution in [0.2, 0.25) is 0 Å². The van der Waals surface area contributed by atoms with Crippen molar-refractivity contribution in [2.24, 2.45) is 0 Å². The fraction of sp³-hybridized carbons (Fsp3) is 0.253. The summed E-state index contributed by atoms with van der Waals surface area (Å²) in [5, 5.41) is 27.3. The van der Waals surface area contributed by atoms with Gasteiger partial charge in [-0.15, -0.1) is 0 Å². The lowest BCUT2D eigenvalue weighted by molar-refractivity contribution is -0.0757. The van der Waals surface area contributed by atoms with Crippen LogP contribution in [0.25, 0.3) is 0 Å². The Bertz CT molecular complexity index is 3650. The van der Waals surface area contributed by atoms with E-state index in [1.807, 2.05) is 20.8 Å². The maximum Gasteiger partial charge on any atom is 0.337 e. The molecule has 7 aromatic rings. The molecule has 26 nitrogen and oxygen atoms in total. The number of methoxy groups -OCH3 is 7. The van der Waals surface area contributed by atoms with Gasteiger partial charge in [-0.3, -0.25) is 24.0 Å². The van der Waals surface area contributed by atoms with Crippen LogP contribution in [0.1, 0.15) is 205 Å². The van der Waals surface area contributed by atoms with Crippen LogP contribution in [0.5, 0.6) is 0 Å². The normalized spacial score (nSPS) is 9.65. The van der Waals surface area contributed by atoms with Crippen LogP contribution in [-0.4, -0.2) is 167 Å². The summed E-state index contributed by atoms with van der Waals surface area (Å²) in [7, 11) is 11.9. The predicted octanol–water partition coefficient (Wildman–Crippen LogP) is 11.8. The molecule has 536 valence electrons. The largest absolute Gasteiger partial charge is 0.478 e. The summed E-state index contributed by atoms with van der Waals surface area (Å²) in [6, 6.07) is 32.9. The lowest BCUT2D eigenvalue weighted by atomic mass is 10.0. The Labute approximate surface area is 583 Å². The minimum atomic E-state index is -1.06. The number of amides is 1. The third kappa shape index (κ3) is 29.5. The number of carbonyl (C=O) groups excluding carboxylic acids is 11. The molecule has 0 saturated carbocycles. The number of hydrogen-bond donors (Lipinski definition) is 3. The molecule has 7 rings (SSSR count). The van der Waals surface area contributed by atoms with E-state index >= 15 is 0 Å². The monoisotopic (exact) mass is 1400 g/mol. The Balaban J connectivity index is 0.000000590. The number of aromatic carboxylic acids is 3. The molecule has 0 heterocycles. The number of carbonyl (C=O) groups is 14. The average molecular weight is 1400 g/mol. The summed E-state index contributed by atoms with van der Waals surface area (Å²) in [6.45, 7) is 16.9. The molecule has 0 spiro atoms. The molecule has 0 aliphatic heterocycles. The van der Waals surface area contributed by atoms with Crippen molar-refractivity contribution in [1.29, 1.82) is 0 Å². The van der Waals surface area contributed by atoms with E-state index in [-0.39, 0.29) is 56.6 Å². The number of ketones is 3. The number of rotatable bonds is 15. The molecule has 0 aliphatic carbocycles. The molecule has 0 atom stereocenters. The van der Waals surface area contributed by atoms with Crippen LogP contribution in [0.4, 0.5) is 0 Å². The van der Waals surface area contributed by atoms with Crippen LogP contribution in [0, 0.1) is 48.5 Å². The molecule has 3 N–H and O–H groups in total. The molecule has 0 bridgehead atoms. The third-order valence-electron chi connectivity index (χ3n) is 13.3. The number of aryl methyl sites for hydroxylation is 7. The molecular weight excluding hydrogens is 1310 g/mol. The average Bonchev–Trinajstić information content (AvgIpc) is 0.882. The van der Waals surface area contributed by atoms with Gasteiger partial charge in [0.05, 0.1) is 113 Å². The van der Waals surface area contributed by atoms with E-state index in [9.17, 15) is 67.1 Å². The lowest BCUT2D eigenvalue weighted by Gasteiger charge is -2.14. The summed E-state index contributed by atoms with van der Waals surface area (Å²) < 4.78 is 31.8. The van der Waals surface area contributed by atoms with Crippen LogP contribution >= 0.6 is 0 Å². The predicted molar refractivity (Wildman–Crippen MR) is 368 cm³/mol. The fourth-order valence-electron chi connectivity index (χ4n) is 8.50. The number of benzene rings is 7. The number of carboxylic acid groups (broad SMARTS) is 3. The zero-order valence-electron chi connectivity index (χ0n) is 59.4. The molecule has 7 aromatic carbocycles.